The van der Waals surface area contributed by atoms with Gasteiger partial charge in [0, 0.05) is 44.6 Å². The number of hydrogen-bond acceptors (Lipinski definition) is 5. The lowest BCUT2D eigenvalue weighted by molar-refractivity contribution is -0.0665. The van der Waals surface area contributed by atoms with E-state index in [-0.39, 0.29) is 29.4 Å². The maximum atomic E-state index is 14.8. The van der Waals surface area contributed by atoms with Crippen molar-refractivity contribution in [2.24, 2.45) is 17.6 Å². The van der Waals surface area contributed by atoms with Crippen LogP contribution in [0, 0.1) is 17.7 Å². The number of primary amides is 1. The maximum absolute atomic E-state index is 14.8. The number of nitrogens with two attached hydrogens (primary N) is 1. The smallest absolute Gasteiger partial charge is 0.404 e. The molecule has 0 aromatic heterocycles. The molecule has 0 spiro atoms. The van der Waals surface area contributed by atoms with Crippen LogP contribution in [-0.2, 0) is 21.4 Å². The van der Waals surface area contributed by atoms with Crippen molar-refractivity contribution in [3.63, 3.8) is 0 Å². The van der Waals surface area contributed by atoms with Gasteiger partial charge in [0.1, 0.15) is 11.9 Å². The van der Waals surface area contributed by atoms with Crippen molar-refractivity contribution in [1.29, 1.82) is 0 Å². The topological polar surface area (TPSA) is 68.0 Å². The summed E-state index contributed by atoms with van der Waals surface area (Å²) in [6.45, 7) is 5.47. The fourth-order valence-electron chi connectivity index (χ4n) is 7.29. The van der Waals surface area contributed by atoms with Crippen molar-refractivity contribution in [3.8, 4) is 0 Å². The fraction of sp³-hybridized carbons (Fsp3) is 0.567. The molecule has 3 fully saturated rings. The molecular formula is C30H40FN3O3. The number of carbonyl (C=O) groups is 1. The SMILES string of the molecule is COC1CN(CC(c2cccc(F)c2)(C2CCN(Cc3ccccc3)CC2)[C@H]2CCC[C@@H]2OC(N)=O)C1. The average Bonchev–Trinajstić information content (AvgIpc) is 3.33. The van der Waals surface area contributed by atoms with Gasteiger partial charge in [0.2, 0.25) is 0 Å². The summed E-state index contributed by atoms with van der Waals surface area (Å²) < 4.78 is 26.1. The van der Waals surface area contributed by atoms with E-state index in [1.165, 1.54) is 11.6 Å². The van der Waals surface area contributed by atoms with Crippen LogP contribution in [0.1, 0.15) is 43.2 Å². The standard InChI is InChI=1S/C30H40FN3O3/c1-36-26-19-34(20-26)21-30(24-9-5-10-25(31)17-24,27-11-6-12-28(27)37-29(32)35)23-13-15-33(16-14-23)18-22-7-3-2-4-8-22/h2-5,7-10,17,23,26-28H,6,11-16,18-21H2,1H3,(H2,32,35)/t27-,28-,30?/m0/s1. The van der Waals surface area contributed by atoms with Crippen LogP contribution in [0.2, 0.25) is 0 Å². The van der Waals surface area contributed by atoms with Gasteiger partial charge in [-0.25, -0.2) is 9.18 Å². The molecule has 0 radical (unpaired) electrons. The third-order valence-corrected chi connectivity index (χ3v) is 9.05. The van der Waals surface area contributed by atoms with Crippen LogP contribution in [0.4, 0.5) is 9.18 Å². The van der Waals surface area contributed by atoms with Crippen molar-refractivity contribution in [3.05, 3.63) is 71.5 Å². The first-order valence-corrected chi connectivity index (χ1v) is 13.7. The van der Waals surface area contributed by atoms with E-state index in [0.717, 1.165) is 76.9 Å². The van der Waals surface area contributed by atoms with E-state index in [4.69, 9.17) is 15.2 Å². The van der Waals surface area contributed by atoms with Crippen LogP contribution in [0.15, 0.2) is 54.6 Å². The molecule has 2 N–H and O–H groups in total. The summed E-state index contributed by atoms with van der Waals surface area (Å²) in [5, 5.41) is 0. The molecule has 3 atom stereocenters. The number of likely N-dealkylation sites (tertiary alicyclic amines) is 2. The number of hydrogen-bond donors (Lipinski definition) is 1. The van der Waals surface area contributed by atoms with Gasteiger partial charge in [-0.15, -0.1) is 0 Å². The average molecular weight is 510 g/mol. The highest BCUT2D eigenvalue weighted by Crippen LogP contribution is 2.52. The second-order valence-corrected chi connectivity index (χ2v) is 11.2. The van der Waals surface area contributed by atoms with Crippen LogP contribution >= 0.6 is 0 Å². The highest BCUT2D eigenvalue weighted by atomic mass is 19.1. The minimum Gasteiger partial charge on any atom is -0.446 e. The van der Waals surface area contributed by atoms with Crippen molar-refractivity contribution in [1.82, 2.24) is 9.80 Å². The first-order valence-electron chi connectivity index (χ1n) is 13.7. The van der Waals surface area contributed by atoms with E-state index in [1.807, 2.05) is 6.07 Å². The number of benzene rings is 2. The number of ether oxygens (including phenoxy) is 2. The first-order chi connectivity index (χ1) is 18.0. The van der Waals surface area contributed by atoms with Gasteiger partial charge in [-0.3, -0.25) is 9.80 Å². The zero-order chi connectivity index (χ0) is 25.8. The molecule has 2 aromatic carbocycles. The Morgan fingerprint density at radius 3 is 2.46 bits per heavy atom. The minimum absolute atomic E-state index is 0.0917. The second-order valence-electron chi connectivity index (χ2n) is 11.2. The molecule has 1 aliphatic carbocycles. The Morgan fingerprint density at radius 1 is 1.03 bits per heavy atom. The lowest BCUT2D eigenvalue weighted by Gasteiger charge is -2.54. The summed E-state index contributed by atoms with van der Waals surface area (Å²) in [5.41, 5.74) is 7.55. The Labute approximate surface area is 219 Å². The molecule has 6 nitrogen and oxygen atoms in total. The van der Waals surface area contributed by atoms with E-state index in [9.17, 15) is 9.18 Å². The highest BCUT2D eigenvalue weighted by Gasteiger charge is 2.54. The molecule has 2 aromatic rings. The van der Waals surface area contributed by atoms with E-state index < -0.39 is 6.09 Å². The van der Waals surface area contributed by atoms with Gasteiger partial charge in [-0.1, -0.05) is 42.5 Å². The summed E-state index contributed by atoms with van der Waals surface area (Å²) in [6.07, 6.45) is 4.04. The number of piperidine rings is 1. The van der Waals surface area contributed by atoms with Crippen LogP contribution in [-0.4, -0.2) is 67.9 Å². The molecule has 2 aliphatic heterocycles. The molecular weight excluding hydrogens is 469 g/mol. The molecule has 5 rings (SSSR count). The summed E-state index contributed by atoms with van der Waals surface area (Å²) >= 11 is 0. The first kappa shape index (κ1) is 26.1. The maximum Gasteiger partial charge on any atom is 0.404 e. The fourth-order valence-corrected chi connectivity index (χ4v) is 7.29. The number of rotatable bonds is 9. The quantitative estimate of drug-likeness (QED) is 0.536. The highest BCUT2D eigenvalue weighted by molar-refractivity contribution is 5.65. The van der Waals surface area contributed by atoms with Crippen molar-refractivity contribution in [2.45, 2.75) is 56.3 Å². The zero-order valence-electron chi connectivity index (χ0n) is 21.9. The van der Waals surface area contributed by atoms with Gasteiger partial charge in [-0.2, -0.15) is 0 Å². The molecule has 2 heterocycles. The van der Waals surface area contributed by atoms with Gasteiger partial charge in [0.25, 0.3) is 0 Å². The van der Waals surface area contributed by atoms with Crippen molar-refractivity contribution >= 4 is 6.09 Å². The minimum atomic E-state index is -0.717. The van der Waals surface area contributed by atoms with Gasteiger partial charge >= 0.3 is 6.09 Å². The molecule has 1 unspecified atom stereocenters. The number of nitrogens with zero attached hydrogens (tertiary/aromatic N) is 2. The monoisotopic (exact) mass is 509 g/mol. The Balaban J connectivity index is 1.47. The summed E-state index contributed by atoms with van der Waals surface area (Å²) in [5.74, 6) is 0.214. The summed E-state index contributed by atoms with van der Waals surface area (Å²) in [7, 11) is 1.76. The molecule has 3 aliphatic rings. The number of amides is 1. The lowest BCUT2D eigenvalue weighted by atomic mass is 9.58. The van der Waals surface area contributed by atoms with Crippen LogP contribution in [0.5, 0.6) is 0 Å². The molecule has 37 heavy (non-hydrogen) atoms. The second kappa shape index (κ2) is 11.5. The van der Waals surface area contributed by atoms with Crippen molar-refractivity contribution < 1.29 is 18.7 Å². The number of halogens is 1. The largest absolute Gasteiger partial charge is 0.446 e. The normalized spacial score (nSPS) is 25.5. The Morgan fingerprint density at radius 2 is 1.78 bits per heavy atom. The Hall–Kier alpha value is -2.48. The lowest BCUT2D eigenvalue weighted by Crippen LogP contribution is -2.61. The molecule has 1 saturated carbocycles. The number of methoxy groups -OCH3 is 1. The Bertz CT molecular complexity index is 1040. The molecule has 200 valence electrons. The van der Waals surface area contributed by atoms with Gasteiger partial charge < -0.3 is 15.2 Å². The summed E-state index contributed by atoms with van der Waals surface area (Å²) in [4.78, 5) is 16.9. The zero-order valence-corrected chi connectivity index (χ0v) is 21.9. The van der Waals surface area contributed by atoms with Crippen LogP contribution in [0.3, 0.4) is 0 Å². The third kappa shape index (κ3) is 5.69. The van der Waals surface area contributed by atoms with E-state index >= 15 is 0 Å². The predicted molar refractivity (Wildman–Crippen MR) is 142 cm³/mol. The molecule has 0 bridgehead atoms. The van der Waals surface area contributed by atoms with Gasteiger partial charge in [0.05, 0.1) is 6.10 Å². The van der Waals surface area contributed by atoms with Crippen molar-refractivity contribution in [2.75, 3.05) is 39.8 Å². The van der Waals surface area contributed by atoms with E-state index in [2.05, 4.69) is 46.2 Å². The number of carbonyl (C=O) groups excluding carboxylic acids is 1. The van der Waals surface area contributed by atoms with E-state index in [0.29, 0.717) is 5.92 Å². The summed E-state index contributed by atoms with van der Waals surface area (Å²) in [6, 6.07) is 17.8. The van der Waals surface area contributed by atoms with Crippen LogP contribution in [0.25, 0.3) is 0 Å². The molecule has 7 heteroatoms. The predicted octanol–water partition coefficient (Wildman–Crippen LogP) is 4.57. The molecule has 2 saturated heterocycles. The van der Waals surface area contributed by atoms with E-state index in [1.54, 1.807) is 13.2 Å². The van der Waals surface area contributed by atoms with Gasteiger partial charge in [0.15, 0.2) is 0 Å². The van der Waals surface area contributed by atoms with Gasteiger partial charge in [-0.05, 0) is 74.4 Å². The van der Waals surface area contributed by atoms with Crippen LogP contribution < -0.4 is 5.73 Å². The third-order valence-electron chi connectivity index (χ3n) is 9.05. The Kier molecular flexibility index (Phi) is 8.12. The molecule has 1 amide bonds.